The molecule has 0 aliphatic rings. The Balaban J connectivity index is 3.09. The van der Waals surface area contributed by atoms with Crippen molar-refractivity contribution in [2.75, 3.05) is 5.32 Å². The fourth-order valence-corrected chi connectivity index (χ4v) is 1.28. The number of benzene rings is 1. The fourth-order valence-electron chi connectivity index (χ4n) is 1.28. The molecule has 0 heterocycles. The first kappa shape index (κ1) is 13.5. The van der Waals surface area contributed by atoms with Crippen LogP contribution < -0.4 is 5.32 Å². The van der Waals surface area contributed by atoms with Crippen LogP contribution >= 0.6 is 0 Å². The number of anilines is 1. The molecule has 0 fully saturated rings. The lowest BCUT2D eigenvalue weighted by atomic mass is 9.88. The molecule has 3 nitrogen and oxygen atoms in total. The number of carbonyl (C=O) groups is 1. The second kappa shape index (κ2) is 4.73. The molecule has 4 heteroatoms. The smallest absolute Gasteiger partial charge is 0.337 e. The van der Waals surface area contributed by atoms with Gasteiger partial charge in [-0.1, -0.05) is 26.8 Å². The number of aromatic carboxylic acids is 1. The van der Waals surface area contributed by atoms with Crippen molar-refractivity contribution in [2.45, 2.75) is 33.7 Å². The molecular weight excluding hydrogens is 221 g/mol. The molecule has 0 bridgehead atoms. The van der Waals surface area contributed by atoms with Gasteiger partial charge in [-0.3, -0.25) is 0 Å². The lowest BCUT2D eigenvalue weighted by molar-refractivity contribution is 0.0697. The van der Waals surface area contributed by atoms with Crippen molar-refractivity contribution < 1.29 is 14.3 Å². The molecule has 0 saturated heterocycles. The van der Waals surface area contributed by atoms with Crippen LogP contribution in [0.25, 0.3) is 0 Å². The maximum Gasteiger partial charge on any atom is 0.337 e. The molecule has 0 radical (unpaired) electrons. The molecule has 0 amide bonds. The van der Waals surface area contributed by atoms with Crippen LogP contribution in [0, 0.1) is 11.2 Å². The van der Waals surface area contributed by atoms with E-state index < -0.39 is 11.8 Å². The Labute approximate surface area is 101 Å². The molecule has 0 aromatic heterocycles. The van der Waals surface area contributed by atoms with Crippen molar-refractivity contribution in [1.29, 1.82) is 0 Å². The molecular formula is C13H18FNO2. The van der Waals surface area contributed by atoms with E-state index in [9.17, 15) is 9.18 Å². The van der Waals surface area contributed by atoms with E-state index >= 15 is 0 Å². The number of para-hydroxylation sites is 1. The average molecular weight is 239 g/mol. The minimum absolute atomic E-state index is 0.0406. The molecule has 1 rings (SSSR count). The number of hydrogen-bond acceptors (Lipinski definition) is 2. The quantitative estimate of drug-likeness (QED) is 0.850. The van der Waals surface area contributed by atoms with E-state index in [4.69, 9.17) is 5.11 Å². The van der Waals surface area contributed by atoms with Crippen LogP contribution in [0.15, 0.2) is 18.2 Å². The topological polar surface area (TPSA) is 49.3 Å². The first-order valence-electron chi connectivity index (χ1n) is 5.52. The number of nitrogens with one attached hydrogen (secondary N) is 1. The molecule has 1 atom stereocenters. The van der Waals surface area contributed by atoms with Gasteiger partial charge in [0.1, 0.15) is 5.82 Å². The van der Waals surface area contributed by atoms with Gasteiger partial charge in [-0.15, -0.1) is 0 Å². The monoisotopic (exact) mass is 239 g/mol. The molecule has 94 valence electrons. The standard InChI is InChI=1S/C13H18FNO2/c1-8(13(2,3)4)15-11-9(12(16)17)6-5-7-10(11)14/h5-8,15H,1-4H3,(H,16,17). The molecule has 0 aliphatic carbocycles. The molecule has 0 saturated carbocycles. The van der Waals surface area contributed by atoms with Gasteiger partial charge in [0.2, 0.25) is 0 Å². The Hall–Kier alpha value is -1.58. The molecule has 1 aromatic carbocycles. The van der Waals surface area contributed by atoms with E-state index in [1.165, 1.54) is 18.2 Å². The van der Waals surface area contributed by atoms with E-state index in [0.29, 0.717) is 0 Å². The van der Waals surface area contributed by atoms with E-state index in [0.717, 1.165) is 0 Å². The zero-order chi connectivity index (χ0) is 13.2. The summed E-state index contributed by atoms with van der Waals surface area (Å²) >= 11 is 0. The van der Waals surface area contributed by atoms with Crippen LogP contribution in [0.5, 0.6) is 0 Å². The average Bonchev–Trinajstić information content (AvgIpc) is 2.18. The first-order chi connectivity index (χ1) is 7.73. The molecule has 17 heavy (non-hydrogen) atoms. The summed E-state index contributed by atoms with van der Waals surface area (Å²) in [4.78, 5) is 11.0. The lowest BCUT2D eigenvalue weighted by Gasteiger charge is -2.29. The highest BCUT2D eigenvalue weighted by molar-refractivity contribution is 5.94. The predicted molar refractivity (Wildman–Crippen MR) is 65.9 cm³/mol. The zero-order valence-electron chi connectivity index (χ0n) is 10.5. The van der Waals surface area contributed by atoms with Gasteiger partial charge in [0.05, 0.1) is 11.3 Å². The predicted octanol–water partition coefficient (Wildman–Crippen LogP) is 3.37. The van der Waals surface area contributed by atoms with Gasteiger partial charge in [0.15, 0.2) is 0 Å². The van der Waals surface area contributed by atoms with Crippen molar-refractivity contribution >= 4 is 11.7 Å². The third-order valence-corrected chi connectivity index (χ3v) is 2.90. The third-order valence-electron chi connectivity index (χ3n) is 2.90. The van der Waals surface area contributed by atoms with Crippen LogP contribution in [-0.2, 0) is 0 Å². The number of halogens is 1. The number of rotatable bonds is 3. The summed E-state index contributed by atoms with van der Waals surface area (Å²) in [5, 5.41) is 11.9. The van der Waals surface area contributed by atoms with Gasteiger partial charge in [-0.25, -0.2) is 9.18 Å². The molecule has 0 spiro atoms. The zero-order valence-corrected chi connectivity index (χ0v) is 10.5. The number of hydrogen-bond donors (Lipinski definition) is 2. The molecule has 2 N–H and O–H groups in total. The van der Waals surface area contributed by atoms with Gasteiger partial charge in [0.25, 0.3) is 0 Å². The van der Waals surface area contributed by atoms with Crippen molar-refractivity contribution in [3.63, 3.8) is 0 Å². The summed E-state index contributed by atoms with van der Waals surface area (Å²) in [6.07, 6.45) is 0. The van der Waals surface area contributed by atoms with Crippen LogP contribution in [0.2, 0.25) is 0 Å². The summed E-state index contributed by atoms with van der Waals surface area (Å²) in [7, 11) is 0. The number of carboxylic acids is 1. The number of carboxylic acid groups (broad SMARTS) is 1. The highest BCUT2D eigenvalue weighted by atomic mass is 19.1. The largest absolute Gasteiger partial charge is 0.478 e. The molecule has 0 aliphatic heterocycles. The van der Waals surface area contributed by atoms with Crippen LogP contribution in [0.3, 0.4) is 0 Å². The maximum absolute atomic E-state index is 13.6. The minimum Gasteiger partial charge on any atom is -0.478 e. The normalized spacial score (nSPS) is 13.2. The van der Waals surface area contributed by atoms with Gasteiger partial charge < -0.3 is 10.4 Å². The first-order valence-corrected chi connectivity index (χ1v) is 5.52. The van der Waals surface area contributed by atoms with Gasteiger partial charge >= 0.3 is 5.97 Å². The summed E-state index contributed by atoms with van der Waals surface area (Å²) in [5.74, 6) is -1.67. The van der Waals surface area contributed by atoms with Crippen molar-refractivity contribution in [2.24, 2.45) is 5.41 Å². The second-order valence-corrected chi connectivity index (χ2v) is 5.20. The van der Waals surface area contributed by atoms with Crippen LogP contribution in [-0.4, -0.2) is 17.1 Å². The third kappa shape index (κ3) is 3.19. The van der Waals surface area contributed by atoms with E-state index in [1.807, 2.05) is 27.7 Å². The Morgan fingerprint density at radius 1 is 1.41 bits per heavy atom. The second-order valence-electron chi connectivity index (χ2n) is 5.20. The lowest BCUT2D eigenvalue weighted by Crippen LogP contribution is -2.31. The Morgan fingerprint density at radius 3 is 2.47 bits per heavy atom. The minimum atomic E-state index is -1.13. The van der Waals surface area contributed by atoms with Crippen molar-refractivity contribution in [3.8, 4) is 0 Å². The summed E-state index contributed by atoms with van der Waals surface area (Å²) in [6.45, 7) is 7.92. The van der Waals surface area contributed by atoms with E-state index in [-0.39, 0.29) is 22.7 Å². The maximum atomic E-state index is 13.6. The van der Waals surface area contributed by atoms with Gasteiger partial charge in [-0.05, 0) is 24.5 Å². The van der Waals surface area contributed by atoms with Crippen LogP contribution in [0.1, 0.15) is 38.1 Å². The van der Waals surface area contributed by atoms with Gasteiger partial charge in [-0.2, -0.15) is 0 Å². The van der Waals surface area contributed by atoms with E-state index in [1.54, 1.807) is 0 Å². The SMILES string of the molecule is CC(Nc1c(F)cccc1C(=O)O)C(C)(C)C. The fraction of sp³-hybridized carbons (Fsp3) is 0.462. The highest BCUT2D eigenvalue weighted by Gasteiger charge is 2.23. The summed E-state index contributed by atoms with van der Waals surface area (Å²) in [5.41, 5.74) is -0.0681. The molecule has 1 unspecified atom stereocenters. The van der Waals surface area contributed by atoms with E-state index in [2.05, 4.69) is 5.32 Å². The Kier molecular flexibility index (Phi) is 3.76. The van der Waals surface area contributed by atoms with Crippen molar-refractivity contribution in [3.05, 3.63) is 29.6 Å². The van der Waals surface area contributed by atoms with Crippen molar-refractivity contribution in [1.82, 2.24) is 0 Å². The van der Waals surface area contributed by atoms with Crippen LogP contribution in [0.4, 0.5) is 10.1 Å². The summed E-state index contributed by atoms with van der Waals surface area (Å²) in [6, 6.07) is 4.00. The Bertz CT molecular complexity index is 424. The summed E-state index contributed by atoms with van der Waals surface area (Å²) < 4.78 is 13.6. The Morgan fingerprint density at radius 2 is 2.00 bits per heavy atom. The van der Waals surface area contributed by atoms with Gasteiger partial charge in [0, 0.05) is 6.04 Å². The highest BCUT2D eigenvalue weighted by Crippen LogP contribution is 2.26. The molecule has 1 aromatic rings.